The highest BCUT2D eigenvalue weighted by molar-refractivity contribution is 9.09. The molecule has 0 aliphatic rings. The van der Waals surface area contributed by atoms with Gasteiger partial charge in [0.15, 0.2) is 0 Å². The molecule has 0 N–H and O–H groups in total. The maximum atomic E-state index is 6.05. The van der Waals surface area contributed by atoms with Crippen molar-refractivity contribution < 1.29 is 9.47 Å². The zero-order chi connectivity index (χ0) is 14.6. The van der Waals surface area contributed by atoms with E-state index in [0.29, 0.717) is 29.9 Å². The van der Waals surface area contributed by atoms with Gasteiger partial charge in [0.25, 0.3) is 0 Å². The van der Waals surface area contributed by atoms with Crippen LogP contribution in [0.1, 0.15) is 31.2 Å². The molecule has 0 saturated heterocycles. The van der Waals surface area contributed by atoms with E-state index < -0.39 is 0 Å². The van der Waals surface area contributed by atoms with E-state index >= 15 is 0 Å². The highest BCUT2D eigenvalue weighted by Gasteiger charge is 2.01. The molecule has 0 amide bonds. The zero-order valence-corrected chi connectivity index (χ0v) is 14.6. The normalized spacial score (nSPS) is 10.9. The molecule has 1 aromatic carbocycles. The van der Waals surface area contributed by atoms with Gasteiger partial charge in [-0.15, -0.1) is 0 Å². The molecule has 0 unspecified atom stereocenters. The van der Waals surface area contributed by atoms with Gasteiger partial charge in [0, 0.05) is 22.0 Å². The van der Waals surface area contributed by atoms with Crippen LogP contribution in [0.3, 0.4) is 0 Å². The van der Waals surface area contributed by atoms with E-state index in [9.17, 15) is 0 Å². The number of halogens is 3. The molecule has 20 heavy (non-hydrogen) atoms. The molecule has 2 nitrogen and oxygen atoms in total. The Kier molecular flexibility index (Phi) is 10.8. The SMILES string of the molecule is Clc1ccc(Cl)c(COCCOCCCCCCBr)c1. The maximum Gasteiger partial charge on any atom is 0.0733 e. The Morgan fingerprint density at radius 2 is 1.65 bits per heavy atom. The molecule has 0 atom stereocenters. The first-order chi connectivity index (χ1) is 9.74. The molecule has 0 aliphatic heterocycles. The van der Waals surface area contributed by atoms with Crippen LogP contribution in [0.4, 0.5) is 0 Å². The summed E-state index contributed by atoms with van der Waals surface area (Å²) in [4.78, 5) is 0. The lowest BCUT2D eigenvalue weighted by molar-refractivity contribution is 0.0393. The molecule has 114 valence electrons. The standard InChI is InChI=1S/C15H21BrCl2O2/c16-7-3-1-2-4-8-19-9-10-20-12-13-11-14(17)5-6-15(13)18/h5-6,11H,1-4,7-10,12H2. The Balaban J connectivity index is 1.98. The Bertz CT molecular complexity index is 375. The average Bonchev–Trinajstić information content (AvgIpc) is 2.44. The molecular weight excluding hydrogens is 363 g/mol. The van der Waals surface area contributed by atoms with Gasteiger partial charge in [-0.2, -0.15) is 0 Å². The second-order valence-electron chi connectivity index (χ2n) is 4.50. The summed E-state index contributed by atoms with van der Waals surface area (Å²) in [5, 5.41) is 2.45. The molecule has 0 radical (unpaired) electrons. The van der Waals surface area contributed by atoms with Crippen LogP contribution in [-0.4, -0.2) is 25.2 Å². The minimum Gasteiger partial charge on any atom is -0.379 e. The number of rotatable bonds is 11. The highest BCUT2D eigenvalue weighted by atomic mass is 79.9. The lowest BCUT2D eigenvalue weighted by Crippen LogP contribution is -2.05. The monoisotopic (exact) mass is 382 g/mol. The predicted octanol–water partition coefficient (Wildman–Crippen LogP) is 5.48. The van der Waals surface area contributed by atoms with E-state index in [-0.39, 0.29) is 0 Å². The Hall–Kier alpha value is 0.200. The smallest absolute Gasteiger partial charge is 0.0733 e. The third kappa shape index (κ3) is 8.48. The summed E-state index contributed by atoms with van der Waals surface area (Å²) in [6.07, 6.45) is 4.85. The summed E-state index contributed by atoms with van der Waals surface area (Å²) in [7, 11) is 0. The summed E-state index contributed by atoms with van der Waals surface area (Å²) in [5.41, 5.74) is 0.911. The van der Waals surface area contributed by atoms with Gasteiger partial charge in [-0.3, -0.25) is 0 Å². The van der Waals surface area contributed by atoms with E-state index in [0.717, 1.165) is 23.9 Å². The van der Waals surface area contributed by atoms with E-state index in [1.54, 1.807) is 12.1 Å². The largest absolute Gasteiger partial charge is 0.379 e. The van der Waals surface area contributed by atoms with Gasteiger partial charge in [0.05, 0.1) is 19.8 Å². The van der Waals surface area contributed by atoms with Crippen LogP contribution in [0.25, 0.3) is 0 Å². The van der Waals surface area contributed by atoms with Crippen molar-refractivity contribution in [1.82, 2.24) is 0 Å². The molecule has 5 heteroatoms. The molecule has 0 aliphatic carbocycles. The van der Waals surface area contributed by atoms with Crippen molar-refractivity contribution in [2.24, 2.45) is 0 Å². The lowest BCUT2D eigenvalue weighted by atomic mass is 10.2. The first-order valence-corrected chi connectivity index (χ1v) is 8.77. The van der Waals surface area contributed by atoms with Gasteiger partial charge in [0.1, 0.15) is 0 Å². The first-order valence-electron chi connectivity index (χ1n) is 6.89. The van der Waals surface area contributed by atoms with Crippen LogP contribution < -0.4 is 0 Å². The van der Waals surface area contributed by atoms with Crippen molar-refractivity contribution in [3.8, 4) is 0 Å². The summed E-state index contributed by atoms with van der Waals surface area (Å²) < 4.78 is 11.0. The topological polar surface area (TPSA) is 18.5 Å². The van der Waals surface area contributed by atoms with Gasteiger partial charge in [0.2, 0.25) is 0 Å². The third-order valence-corrected chi connectivity index (χ3v) is 3.97. The minimum absolute atomic E-state index is 0.466. The highest BCUT2D eigenvalue weighted by Crippen LogP contribution is 2.21. The number of ether oxygens (including phenoxy) is 2. The number of benzene rings is 1. The van der Waals surface area contributed by atoms with Gasteiger partial charge >= 0.3 is 0 Å². The van der Waals surface area contributed by atoms with Crippen LogP contribution in [0.5, 0.6) is 0 Å². The third-order valence-electron chi connectivity index (χ3n) is 2.81. The van der Waals surface area contributed by atoms with Crippen molar-refractivity contribution in [3.05, 3.63) is 33.8 Å². The van der Waals surface area contributed by atoms with E-state index in [4.69, 9.17) is 32.7 Å². The molecule has 0 spiro atoms. The summed E-state index contributed by atoms with van der Waals surface area (Å²) in [5.74, 6) is 0. The molecule has 0 heterocycles. The second-order valence-corrected chi connectivity index (χ2v) is 6.14. The van der Waals surface area contributed by atoms with Crippen LogP contribution in [0.2, 0.25) is 10.0 Å². The average molecular weight is 384 g/mol. The zero-order valence-electron chi connectivity index (χ0n) is 11.5. The van der Waals surface area contributed by atoms with Crippen LogP contribution in [-0.2, 0) is 16.1 Å². The Morgan fingerprint density at radius 3 is 2.45 bits per heavy atom. The molecule has 1 rings (SSSR count). The second kappa shape index (κ2) is 11.8. The van der Waals surface area contributed by atoms with E-state index in [1.807, 2.05) is 6.07 Å². The van der Waals surface area contributed by atoms with Crippen molar-refractivity contribution in [2.75, 3.05) is 25.2 Å². The van der Waals surface area contributed by atoms with Crippen molar-refractivity contribution in [3.63, 3.8) is 0 Å². The number of hydrogen-bond donors (Lipinski definition) is 0. The fourth-order valence-electron chi connectivity index (χ4n) is 1.71. The quantitative estimate of drug-likeness (QED) is 0.372. The molecule has 0 bridgehead atoms. The van der Waals surface area contributed by atoms with Crippen LogP contribution in [0, 0.1) is 0 Å². The summed E-state index contributed by atoms with van der Waals surface area (Å²) in [6.45, 7) is 2.47. The van der Waals surface area contributed by atoms with Crippen molar-refractivity contribution >= 4 is 39.1 Å². The summed E-state index contributed by atoms with van der Waals surface area (Å²) in [6, 6.07) is 5.38. The maximum absolute atomic E-state index is 6.05. The molecule has 0 saturated carbocycles. The number of hydrogen-bond acceptors (Lipinski definition) is 2. The predicted molar refractivity (Wildman–Crippen MR) is 89.2 cm³/mol. The van der Waals surface area contributed by atoms with E-state index in [1.165, 1.54) is 19.3 Å². The molecule has 1 aromatic rings. The Labute approximate surface area is 139 Å². The first kappa shape index (κ1) is 18.2. The molecule has 0 fully saturated rings. The van der Waals surface area contributed by atoms with Crippen molar-refractivity contribution in [2.45, 2.75) is 32.3 Å². The minimum atomic E-state index is 0.466. The summed E-state index contributed by atoms with van der Waals surface area (Å²) >= 11 is 15.4. The van der Waals surface area contributed by atoms with Crippen LogP contribution >= 0.6 is 39.1 Å². The fourth-order valence-corrected chi connectivity index (χ4v) is 2.47. The van der Waals surface area contributed by atoms with Gasteiger partial charge in [-0.25, -0.2) is 0 Å². The van der Waals surface area contributed by atoms with Crippen LogP contribution in [0.15, 0.2) is 18.2 Å². The molecular formula is C15H21BrCl2O2. The van der Waals surface area contributed by atoms with Crippen molar-refractivity contribution in [1.29, 1.82) is 0 Å². The molecule has 0 aromatic heterocycles. The number of unbranched alkanes of at least 4 members (excludes halogenated alkanes) is 3. The number of alkyl halides is 1. The Morgan fingerprint density at radius 1 is 0.900 bits per heavy atom. The van der Waals surface area contributed by atoms with Gasteiger partial charge in [-0.05, 0) is 36.6 Å². The van der Waals surface area contributed by atoms with E-state index in [2.05, 4.69) is 15.9 Å². The van der Waals surface area contributed by atoms with Gasteiger partial charge < -0.3 is 9.47 Å². The van der Waals surface area contributed by atoms with Gasteiger partial charge in [-0.1, -0.05) is 52.0 Å². The fraction of sp³-hybridized carbons (Fsp3) is 0.600. The lowest BCUT2D eigenvalue weighted by Gasteiger charge is -2.07.